The van der Waals surface area contributed by atoms with Gasteiger partial charge in [0.1, 0.15) is 0 Å². The number of rotatable bonds is 2. The third-order valence-electron chi connectivity index (χ3n) is 2.96. The Morgan fingerprint density at radius 2 is 1.73 bits per heavy atom. The molecule has 0 amide bonds. The van der Waals surface area contributed by atoms with E-state index in [1.54, 1.807) is 0 Å². The van der Waals surface area contributed by atoms with E-state index in [9.17, 15) is 0 Å². The summed E-state index contributed by atoms with van der Waals surface area (Å²) in [4.78, 5) is 0. The van der Waals surface area contributed by atoms with E-state index < -0.39 is 0 Å². The first kappa shape index (κ1) is 10.3. The lowest BCUT2D eigenvalue weighted by atomic mass is 9.99. The van der Waals surface area contributed by atoms with Crippen LogP contribution in [0, 0.1) is 0 Å². The molecule has 0 aliphatic carbocycles. The molecule has 0 radical (unpaired) electrons. The van der Waals surface area contributed by atoms with Crippen LogP contribution < -0.4 is 0 Å². The van der Waals surface area contributed by atoms with Crippen LogP contribution in [0.1, 0.15) is 45.2 Å². The molecule has 1 aromatic carbocycles. The lowest BCUT2D eigenvalue weighted by Crippen LogP contribution is -1.95. The van der Waals surface area contributed by atoms with Crippen molar-refractivity contribution in [2.24, 2.45) is 0 Å². The normalized spacial score (nSPS) is 11.9. The number of hydrogen-bond acceptors (Lipinski definition) is 0. The Kier molecular flexibility index (Phi) is 2.56. The Morgan fingerprint density at radius 3 is 2.33 bits per heavy atom. The maximum absolute atomic E-state index is 2.29. The molecule has 0 bridgehead atoms. The lowest BCUT2D eigenvalue weighted by Gasteiger charge is -2.07. The standard InChI is InChI=1S/C14H19N/c1-10(2)13-7-5-6-12-8-15(11(3)4)9-14(12)13/h5-11H,1-4H3. The largest absolute Gasteiger partial charge is 0.351 e. The number of nitrogens with zero attached hydrogens (tertiary/aromatic N) is 1. The van der Waals surface area contributed by atoms with Crippen molar-refractivity contribution in [3.05, 3.63) is 36.2 Å². The molecule has 1 heterocycles. The van der Waals surface area contributed by atoms with Crippen molar-refractivity contribution in [2.45, 2.75) is 39.7 Å². The van der Waals surface area contributed by atoms with Gasteiger partial charge in [-0.15, -0.1) is 0 Å². The van der Waals surface area contributed by atoms with Crippen molar-refractivity contribution in [1.29, 1.82) is 0 Å². The van der Waals surface area contributed by atoms with Crippen molar-refractivity contribution < 1.29 is 0 Å². The van der Waals surface area contributed by atoms with Crippen LogP contribution in [0.2, 0.25) is 0 Å². The van der Waals surface area contributed by atoms with Gasteiger partial charge in [-0.3, -0.25) is 0 Å². The topological polar surface area (TPSA) is 4.93 Å². The van der Waals surface area contributed by atoms with E-state index in [2.05, 4.69) is 62.9 Å². The molecular formula is C14H19N. The van der Waals surface area contributed by atoms with Crippen LogP contribution in [0.15, 0.2) is 30.6 Å². The fourth-order valence-corrected chi connectivity index (χ4v) is 2.01. The highest BCUT2D eigenvalue weighted by molar-refractivity contribution is 5.86. The van der Waals surface area contributed by atoms with Gasteiger partial charge in [-0.05, 0) is 30.7 Å². The second-order valence-electron chi connectivity index (χ2n) is 4.80. The Morgan fingerprint density at radius 1 is 1.00 bits per heavy atom. The van der Waals surface area contributed by atoms with E-state index >= 15 is 0 Å². The molecule has 0 unspecified atom stereocenters. The van der Waals surface area contributed by atoms with Crippen molar-refractivity contribution in [3.63, 3.8) is 0 Å². The van der Waals surface area contributed by atoms with Crippen molar-refractivity contribution in [1.82, 2.24) is 4.57 Å². The van der Waals surface area contributed by atoms with Crippen LogP contribution in [0.4, 0.5) is 0 Å². The molecule has 15 heavy (non-hydrogen) atoms. The van der Waals surface area contributed by atoms with Gasteiger partial charge in [0.05, 0.1) is 0 Å². The van der Waals surface area contributed by atoms with Crippen molar-refractivity contribution in [3.8, 4) is 0 Å². The van der Waals surface area contributed by atoms with Gasteiger partial charge in [0, 0.05) is 23.8 Å². The highest BCUT2D eigenvalue weighted by atomic mass is 15.0. The number of fused-ring (bicyclic) bond motifs is 1. The van der Waals surface area contributed by atoms with Crippen LogP contribution >= 0.6 is 0 Å². The predicted molar refractivity (Wildman–Crippen MR) is 66.4 cm³/mol. The number of aromatic nitrogens is 1. The summed E-state index contributed by atoms with van der Waals surface area (Å²) in [5.74, 6) is 0.594. The first-order valence-corrected chi connectivity index (χ1v) is 5.69. The van der Waals surface area contributed by atoms with Crippen LogP contribution in [0.5, 0.6) is 0 Å². The molecule has 0 N–H and O–H groups in total. The summed E-state index contributed by atoms with van der Waals surface area (Å²) in [7, 11) is 0. The monoisotopic (exact) mass is 201 g/mol. The average Bonchev–Trinajstić information content (AvgIpc) is 2.60. The zero-order valence-electron chi connectivity index (χ0n) is 9.99. The summed E-state index contributed by atoms with van der Waals surface area (Å²) < 4.78 is 2.29. The van der Waals surface area contributed by atoms with Crippen LogP contribution in [0.25, 0.3) is 10.8 Å². The van der Waals surface area contributed by atoms with Crippen molar-refractivity contribution >= 4 is 10.8 Å². The molecule has 2 aromatic rings. The highest BCUT2D eigenvalue weighted by Crippen LogP contribution is 2.27. The molecule has 0 saturated heterocycles. The van der Waals surface area contributed by atoms with Gasteiger partial charge >= 0.3 is 0 Å². The summed E-state index contributed by atoms with van der Waals surface area (Å²) in [6.07, 6.45) is 4.52. The second kappa shape index (κ2) is 3.73. The first-order chi connectivity index (χ1) is 7.09. The molecular weight excluding hydrogens is 182 g/mol. The van der Waals surface area contributed by atoms with E-state index in [-0.39, 0.29) is 0 Å². The fourth-order valence-electron chi connectivity index (χ4n) is 2.01. The maximum atomic E-state index is 2.29. The number of hydrogen-bond donors (Lipinski definition) is 0. The summed E-state index contributed by atoms with van der Waals surface area (Å²) in [5, 5.41) is 2.76. The summed E-state index contributed by atoms with van der Waals surface area (Å²) >= 11 is 0. The maximum Gasteiger partial charge on any atom is 0.0274 e. The summed E-state index contributed by atoms with van der Waals surface area (Å²) in [5.41, 5.74) is 1.45. The first-order valence-electron chi connectivity index (χ1n) is 5.69. The smallest absolute Gasteiger partial charge is 0.0274 e. The van der Waals surface area contributed by atoms with E-state index in [1.807, 2.05) is 0 Å². The third kappa shape index (κ3) is 1.79. The third-order valence-corrected chi connectivity index (χ3v) is 2.96. The number of benzene rings is 1. The zero-order chi connectivity index (χ0) is 11.0. The summed E-state index contributed by atoms with van der Waals surface area (Å²) in [6, 6.07) is 7.12. The van der Waals surface area contributed by atoms with Crippen LogP contribution in [-0.4, -0.2) is 4.57 Å². The van der Waals surface area contributed by atoms with E-state index in [0.29, 0.717) is 12.0 Å². The van der Waals surface area contributed by atoms with Crippen LogP contribution in [-0.2, 0) is 0 Å². The second-order valence-corrected chi connectivity index (χ2v) is 4.80. The van der Waals surface area contributed by atoms with Gasteiger partial charge in [-0.1, -0.05) is 32.0 Å². The molecule has 80 valence electrons. The van der Waals surface area contributed by atoms with Crippen LogP contribution in [0.3, 0.4) is 0 Å². The Labute approximate surface area is 91.7 Å². The summed E-state index contributed by atoms with van der Waals surface area (Å²) in [6.45, 7) is 8.94. The zero-order valence-corrected chi connectivity index (χ0v) is 9.99. The molecule has 0 fully saturated rings. The molecule has 0 aliphatic heterocycles. The van der Waals surface area contributed by atoms with Gasteiger partial charge in [0.15, 0.2) is 0 Å². The minimum atomic E-state index is 0.539. The average molecular weight is 201 g/mol. The minimum Gasteiger partial charge on any atom is -0.351 e. The minimum absolute atomic E-state index is 0.539. The van der Waals surface area contributed by atoms with E-state index in [1.165, 1.54) is 16.3 Å². The molecule has 1 nitrogen and oxygen atoms in total. The molecule has 0 saturated carbocycles. The van der Waals surface area contributed by atoms with E-state index in [0.717, 1.165) is 0 Å². The molecule has 1 aromatic heterocycles. The molecule has 2 rings (SSSR count). The van der Waals surface area contributed by atoms with E-state index in [4.69, 9.17) is 0 Å². The molecule has 0 spiro atoms. The van der Waals surface area contributed by atoms with Gasteiger partial charge in [-0.2, -0.15) is 0 Å². The molecule has 0 aliphatic rings. The predicted octanol–water partition coefficient (Wildman–Crippen LogP) is 4.35. The SMILES string of the molecule is CC(C)c1cccc2cn(C(C)C)cc12. The Hall–Kier alpha value is -1.24. The van der Waals surface area contributed by atoms with Crippen molar-refractivity contribution in [2.75, 3.05) is 0 Å². The van der Waals surface area contributed by atoms with Gasteiger partial charge in [0.25, 0.3) is 0 Å². The fraction of sp³-hybridized carbons (Fsp3) is 0.429. The molecule has 0 atom stereocenters. The lowest BCUT2D eigenvalue weighted by molar-refractivity contribution is 0.606. The quantitative estimate of drug-likeness (QED) is 0.681. The highest BCUT2D eigenvalue weighted by Gasteiger charge is 2.07. The molecule has 1 heteroatoms. The van der Waals surface area contributed by atoms with Gasteiger partial charge < -0.3 is 4.57 Å². The Bertz CT molecular complexity index is 463. The van der Waals surface area contributed by atoms with Gasteiger partial charge in [-0.25, -0.2) is 0 Å². The Balaban J connectivity index is 2.64. The van der Waals surface area contributed by atoms with Gasteiger partial charge in [0.2, 0.25) is 0 Å².